The molecule has 1 saturated heterocycles. The molecular weight excluding hydrogens is 410 g/mol. The average molecular weight is 430 g/mol. The molecule has 3 aromatic rings. The van der Waals surface area contributed by atoms with Crippen LogP contribution in [-0.4, -0.2) is 47.0 Å². The van der Waals surface area contributed by atoms with Gasteiger partial charge in [0.25, 0.3) is 0 Å². The van der Waals surface area contributed by atoms with Crippen LogP contribution >= 0.6 is 23.8 Å². The maximum Gasteiger partial charge on any atom is 0.244 e. The third kappa shape index (κ3) is 4.67. The Kier molecular flexibility index (Phi) is 5.94. The summed E-state index contributed by atoms with van der Waals surface area (Å²) in [4.78, 5) is 14.9. The summed E-state index contributed by atoms with van der Waals surface area (Å²) in [5.74, 6) is 0.404. The molecule has 0 saturated carbocycles. The van der Waals surface area contributed by atoms with Crippen LogP contribution in [0.25, 0.3) is 11.4 Å². The lowest BCUT2D eigenvalue weighted by Crippen LogP contribution is -2.36. The van der Waals surface area contributed by atoms with Crippen molar-refractivity contribution in [2.45, 2.75) is 6.54 Å². The zero-order valence-corrected chi connectivity index (χ0v) is 17.2. The van der Waals surface area contributed by atoms with Crippen molar-refractivity contribution < 1.29 is 9.53 Å². The van der Waals surface area contributed by atoms with E-state index in [-0.39, 0.29) is 12.5 Å². The lowest BCUT2D eigenvalue weighted by molar-refractivity contribution is -0.116. The highest BCUT2D eigenvalue weighted by atomic mass is 35.5. The number of benzene rings is 2. The van der Waals surface area contributed by atoms with E-state index in [1.54, 1.807) is 16.7 Å². The fraction of sp³-hybridized carbons (Fsp3) is 0.250. The van der Waals surface area contributed by atoms with E-state index in [4.69, 9.17) is 28.6 Å². The van der Waals surface area contributed by atoms with E-state index in [0.717, 1.165) is 43.2 Å². The van der Waals surface area contributed by atoms with E-state index in [9.17, 15) is 4.79 Å². The molecule has 1 amide bonds. The van der Waals surface area contributed by atoms with Crippen LogP contribution in [0.3, 0.4) is 0 Å². The Morgan fingerprint density at radius 3 is 2.52 bits per heavy atom. The molecule has 0 bridgehead atoms. The molecule has 1 aliphatic heterocycles. The van der Waals surface area contributed by atoms with E-state index in [2.05, 4.69) is 20.4 Å². The van der Waals surface area contributed by atoms with Gasteiger partial charge in [-0.05, 0) is 60.7 Å². The molecule has 2 heterocycles. The molecule has 4 rings (SSSR count). The molecule has 29 heavy (non-hydrogen) atoms. The van der Waals surface area contributed by atoms with Gasteiger partial charge in [0, 0.05) is 35.1 Å². The van der Waals surface area contributed by atoms with E-state index in [1.165, 1.54) is 0 Å². The summed E-state index contributed by atoms with van der Waals surface area (Å²) in [5.41, 5.74) is 2.67. The number of ether oxygens (including phenoxy) is 1. The van der Waals surface area contributed by atoms with Crippen molar-refractivity contribution in [3.8, 4) is 11.4 Å². The lowest BCUT2D eigenvalue weighted by atomic mass is 10.2. The van der Waals surface area contributed by atoms with E-state index < -0.39 is 0 Å². The molecule has 2 aromatic carbocycles. The van der Waals surface area contributed by atoms with Crippen molar-refractivity contribution in [1.29, 1.82) is 0 Å². The first-order valence-corrected chi connectivity index (χ1v) is 10.0. The van der Waals surface area contributed by atoms with E-state index in [1.807, 2.05) is 36.4 Å². The third-order valence-corrected chi connectivity index (χ3v) is 5.25. The van der Waals surface area contributed by atoms with E-state index >= 15 is 0 Å². The zero-order valence-electron chi connectivity index (χ0n) is 15.6. The van der Waals surface area contributed by atoms with Gasteiger partial charge in [0.15, 0.2) is 10.6 Å². The molecule has 9 heteroatoms. The molecule has 0 atom stereocenters. The fourth-order valence-electron chi connectivity index (χ4n) is 3.20. The first-order valence-electron chi connectivity index (χ1n) is 9.24. The number of hydrogen-bond donors (Lipinski definition) is 2. The predicted octanol–water partition coefficient (Wildman–Crippen LogP) is 3.74. The molecule has 1 fully saturated rings. The second kappa shape index (κ2) is 8.77. The van der Waals surface area contributed by atoms with Crippen molar-refractivity contribution in [1.82, 2.24) is 14.8 Å². The number of aromatic nitrogens is 3. The first kappa shape index (κ1) is 19.6. The molecule has 0 unspecified atom stereocenters. The standard InChI is InChI=1S/C20H20ClN5O2S/c21-15-3-1-14(2-4-15)19-23-24-20(29)26(19)13-18(27)22-16-5-7-17(8-6-16)25-9-11-28-12-10-25/h1-8H,9-13H2,(H,22,27)(H,24,29). The second-order valence-electron chi connectivity index (χ2n) is 6.64. The summed E-state index contributed by atoms with van der Waals surface area (Å²) in [6, 6.07) is 15.0. The van der Waals surface area contributed by atoms with Crippen molar-refractivity contribution in [2.75, 3.05) is 36.5 Å². The second-order valence-corrected chi connectivity index (χ2v) is 7.46. The van der Waals surface area contributed by atoms with Gasteiger partial charge in [0.2, 0.25) is 5.91 Å². The maximum atomic E-state index is 12.6. The van der Waals surface area contributed by atoms with Gasteiger partial charge in [-0.1, -0.05) is 11.6 Å². The Bertz CT molecular complexity index is 1040. The van der Waals surface area contributed by atoms with Crippen molar-refractivity contribution in [2.24, 2.45) is 0 Å². The number of H-pyrrole nitrogens is 1. The van der Waals surface area contributed by atoms with Gasteiger partial charge in [-0.2, -0.15) is 5.10 Å². The molecule has 0 aliphatic carbocycles. The summed E-state index contributed by atoms with van der Waals surface area (Å²) >= 11 is 11.2. The summed E-state index contributed by atoms with van der Waals surface area (Å²) in [7, 11) is 0. The van der Waals surface area contributed by atoms with Crippen LogP contribution in [0.4, 0.5) is 11.4 Å². The van der Waals surface area contributed by atoms with Gasteiger partial charge in [0.1, 0.15) is 6.54 Å². The quantitative estimate of drug-likeness (QED) is 0.604. The van der Waals surface area contributed by atoms with Crippen LogP contribution in [0.2, 0.25) is 5.02 Å². The molecule has 7 nitrogen and oxygen atoms in total. The van der Waals surface area contributed by atoms with Gasteiger partial charge >= 0.3 is 0 Å². The van der Waals surface area contributed by atoms with Crippen LogP contribution in [-0.2, 0) is 16.1 Å². The monoisotopic (exact) mass is 429 g/mol. The zero-order chi connectivity index (χ0) is 20.2. The van der Waals surface area contributed by atoms with Gasteiger partial charge in [-0.3, -0.25) is 14.5 Å². The van der Waals surface area contributed by atoms with Crippen molar-refractivity contribution in [3.05, 3.63) is 58.3 Å². The number of carbonyl (C=O) groups excluding carboxylic acids is 1. The molecule has 0 spiro atoms. The number of morpholine rings is 1. The molecule has 0 radical (unpaired) electrons. The van der Waals surface area contributed by atoms with Crippen LogP contribution in [0.5, 0.6) is 0 Å². The number of nitrogens with zero attached hydrogens (tertiary/aromatic N) is 3. The third-order valence-electron chi connectivity index (χ3n) is 4.69. The number of carbonyl (C=O) groups is 1. The minimum atomic E-state index is -0.183. The number of halogens is 1. The summed E-state index contributed by atoms with van der Waals surface area (Å²) in [5, 5.41) is 10.5. The highest BCUT2D eigenvalue weighted by Crippen LogP contribution is 2.21. The number of anilines is 2. The smallest absolute Gasteiger partial charge is 0.244 e. The number of rotatable bonds is 5. The minimum Gasteiger partial charge on any atom is -0.378 e. The van der Waals surface area contributed by atoms with Crippen molar-refractivity contribution >= 4 is 41.1 Å². The number of nitrogens with one attached hydrogen (secondary N) is 2. The highest BCUT2D eigenvalue weighted by molar-refractivity contribution is 7.71. The van der Waals surface area contributed by atoms with Crippen molar-refractivity contribution in [3.63, 3.8) is 0 Å². The van der Waals surface area contributed by atoms with E-state index in [0.29, 0.717) is 15.6 Å². The topological polar surface area (TPSA) is 75.2 Å². The first-order chi connectivity index (χ1) is 14.1. The predicted molar refractivity (Wildman–Crippen MR) is 116 cm³/mol. The SMILES string of the molecule is O=C(Cn1c(-c2ccc(Cl)cc2)n[nH]c1=S)Nc1ccc(N2CCOCC2)cc1. The average Bonchev–Trinajstić information content (AvgIpc) is 3.10. The van der Waals surface area contributed by atoms with Gasteiger partial charge in [0.05, 0.1) is 13.2 Å². The maximum absolute atomic E-state index is 12.6. The summed E-state index contributed by atoms with van der Waals surface area (Å²) < 4.78 is 7.43. The fourth-order valence-corrected chi connectivity index (χ4v) is 3.53. The highest BCUT2D eigenvalue weighted by Gasteiger charge is 2.14. The van der Waals surface area contributed by atoms with Crippen LogP contribution in [0.15, 0.2) is 48.5 Å². The molecular formula is C20H20ClN5O2S. The number of hydrogen-bond acceptors (Lipinski definition) is 5. The largest absolute Gasteiger partial charge is 0.378 e. The molecule has 1 aliphatic rings. The molecule has 150 valence electrons. The Hall–Kier alpha value is -2.68. The summed E-state index contributed by atoms with van der Waals surface area (Å²) in [6.07, 6.45) is 0. The normalized spacial score (nSPS) is 14.0. The number of amides is 1. The Morgan fingerprint density at radius 1 is 1.14 bits per heavy atom. The Balaban J connectivity index is 1.44. The molecule has 1 aromatic heterocycles. The van der Waals surface area contributed by atoms with Crippen LogP contribution in [0.1, 0.15) is 0 Å². The van der Waals surface area contributed by atoms with Crippen LogP contribution in [0, 0.1) is 4.77 Å². The summed E-state index contributed by atoms with van der Waals surface area (Å²) in [6.45, 7) is 3.27. The van der Waals surface area contributed by atoms with Gasteiger partial charge in [-0.25, -0.2) is 0 Å². The van der Waals surface area contributed by atoms with Gasteiger partial charge in [-0.15, -0.1) is 0 Å². The molecule has 2 N–H and O–H groups in total. The number of aromatic amines is 1. The van der Waals surface area contributed by atoms with Gasteiger partial charge < -0.3 is 15.0 Å². The Morgan fingerprint density at radius 2 is 1.83 bits per heavy atom. The Labute approximate surface area is 178 Å². The lowest BCUT2D eigenvalue weighted by Gasteiger charge is -2.28. The van der Waals surface area contributed by atoms with Crippen LogP contribution < -0.4 is 10.2 Å². The minimum absolute atomic E-state index is 0.0541.